The van der Waals surface area contributed by atoms with Crippen LogP contribution in [0.2, 0.25) is 0 Å². The van der Waals surface area contributed by atoms with Crippen LogP contribution in [0.4, 0.5) is 5.13 Å². The molecular weight excluding hydrogens is 388 g/mol. The van der Waals surface area contributed by atoms with Gasteiger partial charge in [0.1, 0.15) is 10.6 Å². The van der Waals surface area contributed by atoms with E-state index >= 15 is 0 Å². The maximum Gasteiger partial charge on any atom is 0.350 e. The van der Waals surface area contributed by atoms with Gasteiger partial charge in [0.15, 0.2) is 11.7 Å². The van der Waals surface area contributed by atoms with Crippen LogP contribution in [0.15, 0.2) is 48.5 Å². The predicted octanol–water partition coefficient (Wildman–Crippen LogP) is 4.62. The van der Waals surface area contributed by atoms with Crippen LogP contribution < -0.4 is 10.1 Å². The first-order valence-electron chi connectivity index (χ1n) is 9.20. The topological polar surface area (TPSA) is 77.5 Å². The van der Waals surface area contributed by atoms with E-state index in [1.54, 1.807) is 13.8 Å². The van der Waals surface area contributed by atoms with E-state index in [9.17, 15) is 9.59 Å². The van der Waals surface area contributed by atoms with Crippen molar-refractivity contribution in [3.8, 4) is 16.9 Å². The van der Waals surface area contributed by atoms with Crippen LogP contribution in [0.3, 0.4) is 0 Å². The molecule has 0 atom stereocenters. The van der Waals surface area contributed by atoms with Crippen molar-refractivity contribution < 1.29 is 19.1 Å². The molecule has 0 fully saturated rings. The number of hydrogen-bond acceptors (Lipinski definition) is 6. The number of benzene rings is 2. The fraction of sp³-hybridized carbons (Fsp3) is 0.227. The molecule has 29 heavy (non-hydrogen) atoms. The van der Waals surface area contributed by atoms with Crippen molar-refractivity contribution in [3.63, 3.8) is 0 Å². The Kier molecular flexibility index (Phi) is 6.61. The number of nitrogens with one attached hydrogen (secondary N) is 1. The standard InChI is InChI=1S/C22H22N2O4S/c1-4-27-21(26)20-15(3)23-22(29-20)24-19(25)13-28-18-11-9-17(10-12-18)16-7-5-14(2)6-8-16/h5-12H,4,13H2,1-3H3,(H,23,24,25). The number of amides is 1. The molecule has 150 valence electrons. The second-order valence-corrected chi connectivity index (χ2v) is 7.38. The summed E-state index contributed by atoms with van der Waals surface area (Å²) in [5.74, 6) is -0.191. The molecule has 0 aliphatic rings. The molecule has 0 saturated heterocycles. The number of carbonyl (C=O) groups excluding carboxylic acids is 2. The summed E-state index contributed by atoms with van der Waals surface area (Å²) < 4.78 is 10.5. The summed E-state index contributed by atoms with van der Waals surface area (Å²) in [6.45, 7) is 5.62. The molecule has 3 aromatic rings. The van der Waals surface area contributed by atoms with Crippen LogP contribution in [0.25, 0.3) is 11.1 Å². The lowest BCUT2D eigenvalue weighted by molar-refractivity contribution is -0.118. The van der Waals surface area contributed by atoms with E-state index in [1.165, 1.54) is 5.56 Å². The highest BCUT2D eigenvalue weighted by molar-refractivity contribution is 7.17. The van der Waals surface area contributed by atoms with Crippen molar-refractivity contribution in [2.45, 2.75) is 20.8 Å². The van der Waals surface area contributed by atoms with Crippen molar-refractivity contribution in [1.82, 2.24) is 4.98 Å². The number of carbonyl (C=O) groups is 2. The molecule has 1 aromatic heterocycles. The van der Waals surface area contributed by atoms with Gasteiger partial charge in [0, 0.05) is 0 Å². The van der Waals surface area contributed by atoms with Crippen molar-refractivity contribution in [3.05, 3.63) is 64.7 Å². The normalized spacial score (nSPS) is 10.4. The van der Waals surface area contributed by atoms with Crippen LogP contribution in [0, 0.1) is 13.8 Å². The van der Waals surface area contributed by atoms with E-state index in [1.807, 2.05) is 24.3 Å². The van der Waals surface area contributed by atoms with Gasteiger partial charge in [-0.2, -0.15) is 0 Å². The highest BCUT2D eigenvalue weighted by Gasteiger charge is 2.17. The molecule has 2 aromatic carbocycles. The zero-order valence-corrected chi connectivity index (χ0v) is 17.3. The number of ether oxygens (including phenoxy) is 2. The van der Waals surface area contributed by atoms with E-state index < -0.39 is 5.97 Å². The number of anilines is 1. The van der Waals surface area contributed by atoms with Gasteiger partial charge in [0.05, 0.1) is 12.3 Å². The first-order valence-corrected chi connectivity index (χ1v) is 10.0. The van der Waals surface area contributed by atoms with Gasteiger partial charge in [-0.1, -0.05) is 53.3 Å². The van der Waals surface area contributed by atoms with E-state index in [4.69, 9.17) is 9.47 Å². The molecule has 6 nitrogen and oxygen atoms in total. The molecule has 0 saturated carbocycles. The van der Waals surface area contributed by atoms with Crippen LogP contribution >= 0.6 is 11.3 Å². The molecule has 3 rings (SSSR count). The Labute approximate surface area is 173 Å². The number of rotatable bonds is 7. The number of thiazole rings is 1. The number of aryl methyl sites for hydroxylation is 2. The number of nitrogens with zero attached hydrogens (tertiary/aromatic N) is 1. The lowest BCUT2D eigenvalue weighted by Crippen LogP contribution is -2.20. The van der Waals surface area contributed by atoms with E-state index in [0.717, 1.165) is 22.5 Å². The Morgan fingerprint density at radius 2 is 1.62 bits per heavy atom. The molecule has 0 aliphatic heterocycles. The number of aromatic nitrogens is 1. The SMILES string of the molecule is CCOC(=O)c1sc(NC(=O)COc2ccc(-c3ccc(C)cc3)cc2)nc1C. The van der Waals surface area contributed by atoms with Crippen molar-refractivity contribution >= 4 is 28.3 Å². The average molecular weight is 410 g/mol. The Balaban J connectivity index is 1.55. The molecule has 0 spiro atoms. The molecule has 0 aliphatic carbocycles. The molecule has 0 radical (unpaired) electrons. The molecule has 7 heteroatoms. The van der Waals surface area contributed by atoms with Gasteiger partial charge in [0.2, 0.25) is 0 Å². The van der Waals surface area contributed by atoms with Gasteiger partial charge < -0.3 is 9.47 Å². The third kappa shape index (κ3) is 5.42. The average Bonchev–Trinajstić information content (AvgIpc) is 3.08. The lowest BCUT2D eigenvalue weighted by Gasteiger charge is -2.07. The summed E-state index contributed by atoms with van der Waals surface area (Å²) in [5, 5.41) is 2.99. The van der Waals surface area contributed by atoms with Crippen LogP contribution in [0.5, 0.6) is 5.75 Å². The fourth-order valence-corrected chi connectivity index (χ4v) is 3.51. The lowest BCUT2D eigenvalue weighted by atomic mass is 10.0. The quantitative estimate of drug-likeness (QED) is 0.575. The van der Waals surface area contributed by atoms with E-state index in [0.29, 0.717) is 21.5 Å². The number of esters is 1. The largest absolute Gasteiger partial charge is 0.484 e. The third-order valence-corrected chi connectivity index (χ3v) is 5.17. The van der Waals surface area contributed by atoms with E-state index in [-0.39, 0.29) is 19.1 Å². The smallest absolute Gasteiger partial charge is 0.350 e. The van der Waals surface area contributed by atoms with Gasteiger partial charge >= 0.3 is 5.97 Å². The van der Waals surface area contributed by atoms with Gasteiger partial charge in [-0.05, 0) is 44.0 Å². The molecule has 0 unspecified atom stereocenters. The molecule has 0 bridgehead atoms. The van der Waals surface area contributed by atoms with Gasteiger partial charge in [-0.25, -0.2) is 9.78 Å². The zero-order chi connectivity index (χ0) is 20.8. The summed E-state index contributed by atoms with van der Waals surface area (Å²) in [4.78, 5) is 28.5. The maximum atomic E-state index is 12.1. The first-order chi connectivity index (χ1) is 14.0. The summed E-state index contributed by atoms with van der Waals surface area (Å²) >= 11 is 1.08. The van der Waals surface area contributed by atoms with Crippen LogP contribution in [-0.4, -0.2) is 30.1 Å². The summed E-state index contributed by atoms with van der Waals surface area (Å²) in [5.41, 5.74) is 3.93. The molecule has 1 heterocycles. The second kappa shape index (κ2) is 9.34. The first kappa shape index (κ1) is 20.5. The highest BCUT2D eigenvalue weighted by Crippen LogP contribution is 2.24. The fourth-order valence-electron chi connectivity index (χ4n) is 2.63. The second-order valence-electron chi connectivity index (χ2n) is 6.38. The van der Waals surface area contributed by atoms with Gasteiger partial charge in [-0.15, -0.1) is 0 Å². The van der Waals surface area contributed by atoms with Crippen LogP contribution in [0.1, 0.15) is 27.9 Å². The minimum absolute atomic E-state index is 0.156. The van der Waals surface area contributed by atoms with Gasteiger partial charge in [0.25, 0.3) is 5.91 Å². The third-order valence-electron chi connectivity index (χ3n) is 4.11. The minimum Gasteiger partial charge on any atom is -0.484 e. The Bertz CT molecular complexity index is 995. The van der Waals surface area contributed by atoms with Crippen molar-refractivity contribution in [2.24, 2.45) is 0 Å². The predicted molar refractivity (Wildman–Crippen MR) is 114 cm³/mol. The van der Waals surface area contributed by atoms with Crippen molar-refractivity contribution in [2.75, 3.05) is 18.5 Å². The minimum atomic E-state index is -0.437. The van der Waals surface area contributed by atoms with Gasteiger partial charge in [-0.3, -0.25) is 10.1 Å². The monoisotopic (exact) mass is 410 g/mol. The Morgan fingerprint density at radius 3 is 2.24 bits per heavy atom. The summed E-state index contributed by atoms with van der Waals surface area (Å²) in [7, 11) is 0. The summed E-state index contributed by atoms with van der Waals surface area (Å²) in [6, 6.07) is 15.8. The number of hydrogen-bond donors (Lipinski definition) is 1. The molecule has 1 amide bonds. The molecular formula is C22H22N2O4S. The zero-order valence-electron chi connectivity index (χ0n) is 16.5. The summed E-state index contributed by atoms with van der Waals surface area (Å²) in [6.07, 6.45) is 0. The van der Waals surface area contributed by atoms with Crippen LogP contribution in [-0.2, 0) is 9.53 Å². The Hall–Kier alpha value is -3.19. The van der Waals surface area contributed by atoms with Crippen molar-refractivity contribution in [1.29, 1.82) is 0 Å². The highest BCUT2D eigenvalue weighted by atomic mass is 32.1. The maximum absolute atomic E-state index is 12.1. The van der Waals surface area contributed by atoms with E-state index in [2.05, 4.69) is 41.5 Å². The Morgan fingerprint density at radius 1 is 1.00 bits per heavy atom. The molecule has 1 N–H and O–H groups in total.